The molecule has 7 nitrogen and oxygen atoms in total. The maximum Gasteiger partial charge on any atom is 0.341 e. The minimum absolute atomic E-state index is 0.00498. The lowest BCUT2D eigenvalue weighted by atomic mass is 10.2. The van der Waals surface area contributed by atoms with Crippen LogP contribution in [0.2, 0.25) is 0 Å². The molecule has 0 aliphatic carbocycles. The minimum atomic E-state index is -0.522. The molecular weight excluding hydrogens is 302 g/mol. The lowest BCUT2D eigenvalue weighted by Gasteiger charge is -2.12. The van der Waals surface area contributed by atoms with Gasteiger partial charge in [0.1, 0.15) is 23.7 Å². The summed E-state index contributed by atoms with van der Waals surface area (Å²) in [5, 5.41) is 10.6. The van der Waals surface area contributed by atoms with Crippen LogP contribution in [0.5, 0.6) is 11.5 Å². The summed E-state index contributed by atoms with van der Waals surface area (Å²) in [7, 11) is 2.79. The second kappa shape index (κ2) is 7.26. The van der Waals surface area contributed by atoms with Crippen molar-refractivity contribution in [1.29, 1.82) is 0 Å². The fraction of sp³-hybridized carbons (Fsp3) is 0.188. The van der Waals surface area contributed by atoms with E-state index in [0.29, 0.717) is 11.5 Å². The summed E-state index contributed by atoms with van der Waals surface area (Å²) in [6, 6.07) is 10.7. The van der Waals surface area contributed by atoms with Crippen molar-refractivity contribution in [2.24, 2.45) is 0 Å². The van der Waals surface area contributed by atoms with Gasteiger partial charge in [0.05, 0.1) is 19.1 Å². The molecular formula is C16H15NO6. The zero-order valence-corrected chi connectivity index (χ0v) is 12.6. The molecule has 0 fully saturated rings. The highest BCUT2D eigenvalue weighted by atomic mass is 16.6. The van der Waals surface area contributed by atoms with Crippen LogP contribution >= 0.6 is 0 Å². The summed E-state index contributed by atoms with van der Waals surface area (Å²) in [5.41, 5.74) is 1.01. The molecule has 23 heavy (non-hydrogen) atoms. The largest absolute Gasteiger partial charge is 0.497 e. The van der Waals surface area contributed by atoms with Crippen LogP contribution in [0.15, 0.2) is 42.5 Å². The van der Waals surface area contributed by atoms with Crippen molar-refractivity contribution >= 4 is 11.7 Å². The quantitative estimate of drug-likeness (QED) is 0.462. The summed E-state index contributed by atoms with van der Waals surface area (Å²) >= 11 is 0. The van der Waals surface area contributed by atoms with Gasteiger partial charge in [-0.25, -0.2) is 4.79 Å². The Balaban J connectivity index is 2.18. The van der Waals surface area contributed by atoms with E-state index in [1.807, 2.05) is 0 Å². The predicted molar refractivity (Wildman–Crippen MR) is 81.8 cm³/mol. The molecule has 0 bridgehead atoms. The average Bonchev–Trinajstić information content (AvgIpc) is 2.59. The molecule has 0 radical (unpaired) electrons. The van der Waals surface area contributed by atoms with E-state index in [1.54, 1.807) is 30.3 Å². The van der Waals surface area contributed by atoms with Crippen molar-refractivity contribution in [1.82, 2.24) is 0 Å². The smallest absolute Gasteiger partial charge is 0.341 e. The Morgan fingerprint density at radius 3 is 2.39 bits per heavy atom. The first-order valence-corrected chi connectivity index (χ1v) is 6.67. The van der Waals surface area contributed by atoms with Crippen molar-refractivity contribution in [3.63, 3.8) is 0 Å². The molecule has 0 atom stereocenters. The number of esters is 1. The van der Waals surface area contributed by atoms with Crippen molar-refractivity contribution in [2.75, 3.05) is 14.2 Å². The van der Waals surface area contributed by atoms with Gasteiger partial charge in [-0.15, -0.1) is 0 Å². The second-order valence-corrected chi connectivity index (χ2v) is 4.57. The number of carbonyl (C=O) groups is 1. The maximum absolute atomic E-state index is 11.7. The highest BCUT2D eigenvalue weighted by molar-refractivity contribution is 5.92. The first kappa shape index (κ1) is 16.3. The topological polar surface area (TPSA) is 87.9 Å². The van der Waals surface area contributed by atoms with Crippen LogP contribution in [-0.4, -0.2) is 25.1 Å². The number of non-ortho nitro benzene ring substituents is 1. The third kappa shape index (κ3) is 3.97. The first-order valence-electron chi connectivity index (χ1n) is 6.67. The van der Waals surface area contributed by atoms with E-state index in [1.165, 1.54) is 26.4 Å². The standard InChI is InChI=1S/C16H15NO6/c1-21-13-7-8-14(16(18)22-2)15(9-13)23-10-11-3-5-12(6-4-11)17(19)20/h3-9H,10H2,1-2H3. The predicted octanol–water partition coefficient (Wildman–Crippen LogP) is 2.97. The number of hydrogen-bond donors (Lipinski definition) is 0. The van der Waals surface area contributed by atoms with Crippen LogP contribution in [0.4, 0.5) is 5.69 Å². The summed E-state index contributed by atoms with van der Waals surface area (Å²) in [5.74, 6) is 0.331. The number of methoxy groups -OCH3 is 2. The molecule has 0 N–H and O–H groups in total. The number of rotatable bonds is 6. The van der Waals surface area contributed by atoms with E-state index in [9.17, 15) is 14.9 Å². The second-order valence-electron chi connectivity index (χ2n) is 4.57. The summed E-state index contributed by atoms with van der Waals surface area (Å²) in [4.78, 5) is 21.9. The molecule has 2 aromatic rings. The highest BCUT2D eigenvalue weighted by Gasteiger charge is 2.14. The van der Waals surface area contributed by atoms with Crippen LogP contribution in [0.1, 0.15) is 15.9 Å². The molecule has 120 valence electrons. The van der Waals surface area contributed by atoms with Gasteiger partial charge in [-0.2, -0.15) is 0 Å². The highest BCUT2D eigenvalue weighted by Crippen LogP contribution is 2.26. The molecule has 0 amide bonds. The van der Waals surface area contributed by atoms with Gasteiger partial charge in [-0.05, 0) is 29.8 Å². The Morgan fingerprint density at radius 2 is 1.83 bits per heavy atom. The lowest BCUT2D eigenvalue weighted by Crippen LogP contribution is -2.06. The molecule has 0 aromatic heterocycles. The van der Waals surface area contributed by atoms with Crippen molar-refractivity contribution in [3.05, 3.63) is 63.7 Å². The Kier molecular flexibility index (Phi) is 5.14. The van der Waals surface area contributed by atoms with Gasteiger partial charge in [0.15, 0.2) is 0 Å². The molecule has 2 aromatic carbocycles. The summed E-state index contributed by atoms with van der Waals surface area (Å²) in [6.45, 7) is 0.148. The van der Waals surface area contributed by atoms with E-state index in [2.05, 4.69) is 0 Å². The number of nitro groups is 1. The van der Waals surface area contributed by atoms with Crippen LogP contribution in [0, 0.1) is 10.1 Å². The zero-order chi connectivity index (χ0) is 16.8. The van der Waals surface area contributed by atoms with Crippen LogP contribution in [0.3, 0.4) is 0 Å². The number of carbonyl (C=O) groups excluding carboxylic acids is 1. The molecule has 0 aliphatic rings. The van der Waals surface area contributed by atoms with E-state index in [0.717, 1.165) is 5.56 Å². The maximum atomic E-state index is 11.7. The van der Waals surface area contributed by atoms with Crippen LogP contribution in [0.25, 0.3) is 0 Å². The van der Waals surface area contributed by atoms with Crippen LogP contribution in [-0.2, 0) is 11.3 Å². The molecule has 2 rings (SSSR count). The average molecular weight is 317 g/mol. The monoisotopic (exact) mass is 317 g/mol. The molecule has 0 aliphatic heterocycles. The van der Waals surface area contributed by atoms with Crippen molar-refractivity contribution in [2.45, 2.75) is 6.61 Å². The summed E-state index contributed by atoms with van der Waals surface area (Å²) < 4.78 is 15.5. The molecule has 0 spiro atoms. The van der Waals surface area contributed by atoms with Crippen molar-refractivity contribution in [3.8, 4) is 11.5 Å². The molecule has 0 heterocycles. The third-order valence-electron chi connectivity index (χ3n) is 3.14. The number of benzene rings is 2. The van der Waals surface area contributed by atoms with E-state index < -0.39 is 10.9 Å². The molecule has 0 unspecified atom stereocenters. The third-order valence-corrected chi connectivity index (χ3v) is 3.14. The molecule has 0 saturated heterocycles. The Hall–Kier alpha value is -3.09. The lowest BCUT2D eigenvalue weighted by molar-refractivity contribution is -0.384. The Bertz CT molecular complexity index is 711. The van der Waals surface area contributed by atoms with Gasteiger partial charge in [-0.1, -0.05) is 0 Å². The van der Waals surface area contributed by atoms with Crippen LogP contribution < -0.4 is 9.47 Å². The summed E-state index contributed by atoms with van der Waals surface area (Å²) in [6.07, 6.45) is 0. The Morgan fingerprint density at radius 1 is 1.13 bits per heavy atom. The Labute approximate surface area is 132 Å². The number of hydrogen-bond acceptors (Lipinski definition) is 6. The number of nitro benzene ring substituents is 1. The van der Waals surface area contributed by atoms with Crippen molar-refractivity contribution < 1.29 is 23.9 Å². The molecule has 7 heteroatoms. The minimum Gasteiger partial charge on any atom is -0.497 e. The SMILES string of the molecule is COC(=O)c1ccc(OC)cc1OCc1ccc([N+](=O)[O-])cc1. The van der Waals surface area contributed by atoms with E-state index in [4.69, 9.17) is 14.2 Å². The van der Waals surface area contributed by atoms with E-state index in [-0.39, 0.29) is 17.9 Å². The fourth-order valence-corrected chi connectivity index (χ4v) is 1.90. The molecule has 0 saturated carbocycles. The van der Waals surface area contributed by atoms with Gasteiger partial charge in [0.2, 0.25) is 0 Å². The zero-order valence-electron chi connectivity index (χ0n) is 12.6. The normalized spacial score (nSPS) is 10.0. The van der Waals surface area contributed by atoms with Gasteiger partial charge in [-0.3, -0.25) is 10.1 Å². The number of nitrogens with zero attached hydrogens (tertiary/aromatic N) is 1. The van der Waals surface area contributed by atoms with E-state index >= 15 is 0 Å². The van der Waals surface area contributed by atoms with Gasteiger partial charge in [0, 0.05) is 18.2 Å². The first-order chi connectivity index (χ1) is 11.0. The van der Waals surface area contributed by atoms with Gasteiger partial charge >= 0.3 is 5.97 Å². The van der Waals surface area contributed by atoms with Gasteiger partial charge in [0.25, 0.3) is 5.69 Å². The fourth-order valence-electron chi connectivity index (χ4n) is 1.90. The number of ether oxygens (including phenoxy) is 3. The van der Waals surface area contributed by atoms with Gasteiger partial charge < -0.3 is 14.2 Å².